The van der Waals surface area contributed by atoms with Gasteiger partial charge < -0.3 is 10.1 Å². The van der Waals surface area contributed by atoms with E-state index in [1.165, 1.54) is 11.8 Å². The molecule has 2 N–H and O–H groups in total. The van der Waals surface area contributed by atoms with Crippen LogP contribution < -0.4 is 5.56 Å². The molecule has 0 saturated heterocycles. The standard InChI is InChI=1S/C14H14N2O3S/c1-9-11(7-12(17)18)13(19)16-14(15-9)20-8-10-5-3-2-4-6-10/h2-6H,7-8H2,1H3,(H,17,18)(H,15,16,19). The van der Waals surface area contributed by atoms with Gasteiger partial charge in [0.25, 0.3) is 5.56 Å². The summed E-state index contributed by atoms with van der Waals surface area (Å²) < 4.78 is 0. The maximum absolute atomic E-state index is 11.8. The van der Waals surface area contributed by atoms with Gasteiger partial charge in [0.05, 0.1) is 6.42 Å². The summed E-state index contributed by atoms with van der Waals surface area (Å²) >= 11 is 1.42. The van der Waals surface area contributed by atoms with E-state index < -0.39 is 5.97 Å². The van der Waals surface area contributed by atoms with Crippen LogP contribution in [0.5, 0.6) is 0 Å². The zero-order chi connectivity index (χ0) is 14.5. The van der Waals surface area contributed by atoms with Gasteiger partial charge in [0, 0.05) is 17.0 Å². The molecule has 0 radical (unpaired) electrons. The van der Waals surface area contributed by atoms with Crippen molar-refractivity contribution in [1.82, 2.24) is 9.97 Å². The Balaban J connectivity index is 2.14. The normalized spacial score (nSPS) is 10.4. The number of carboxylic acid groups (broad SMARTS) is 1. The molecule has 0 atom stereocenters. The van der Waals surface area contributed by atoms with Crippen molar-refractivity contribution in [3.8, 4) is 0 Å². The lowest BCUT2D eigenvalue weighted by Crippen LogP contribution is -2.20. The number of aromatic amines is 1. The van der Waals surface area contributed by atoms with E-state index in [1.54, 1.807) is 6.92 Å². The van der Waals surface area contributed by atoms with Crippen molar-refractivity contribution in [3.63, 3.8) is 0 Å². The van der Waals surface area contributed by atoms with E-state index in [9.17, 15) is 9.59 Å². The van der Waals surface area contributed by atoms with E-state index in [0.717, 1.165) is 5.56 Å². The first-order valence-corrected chi connectivity index (χ1v) is 7.03. The topological polar surface area (TPSA) is 83.0 Å². The second-order valence-electron chi connectivity index (χ2n) is 4.28. The molecule has 5 nitrogen and oxygen atoms in total. The molecule has 0 saturated carbocycles. The average Bonchev–Trinajstić information content (AvgIpc) is 2.41. The average molecular weight is 290 g/mol. The number of aryl methyl sites for hydroxylation is 1. The Hall–Kier alpha value is -2.08. The van der Waals surface area contributed by atoms with E-state index in [1.807, 2.05) is 30.3 Å². The molecule has 2 rings (SSSR count). The maximum atomic E-state index is 11.8. The van der Waals surface area contributed by atoms with E-state index >= 15 is 0 Å². The number of carbonyl (C=O) groups is 1. The van der Waals surface area contributed by atoms with Gasteiger partial charge in [0.1, 0.15) is 0 Å². The van der Waals surface area contributed by atoms with Gasteiger partial charge in [-0.05, 0) is 12.5 Å². The lowest BCUT2D eigenvalue weighted by atomic mass is 10.2. The number of nitrogens with one attached hydrogen (secondary N) is 1. The highest BCUT2D eigenvalue weighted by Gasteiger charge is 2.11. The zero-order valence-electron chi connectivity index (χ0n) is 10.9. The Morgan fingerprint density at radius 2 is 2.05 bits per heavy atom. The van der Waals surface area contributed by atoms with Gasteiger partial charge in [-0.15, -0.1) is 0 Å². The molecule has 104 valence electrons. The fourth-order valence-corrected chi connectivity index (χ4v) is 2.60. The van der Waals surface area contributed by atoms with Crippen LogP contribution >= 0.6 is 11.8 Å². The van der Waals surface area contributed by atoms with Crippen LogP contribution in [0.4, 0.5) is 0 Å². The van der Waals surface area contributed by atoms with Crippen LogP contribution in [0.2, 0.25) is 0 Å². The summed E-state index contributed by atoms with van der Waals surface area (Å²) in [7, 11) is 0. The first-order chi connectivity index (χ1) is 9.56. The molecule has 0 bridgehead atoms. The highest BCUT2D eigenvalue weighted by molar-refractivity contribution is 7.98. The quantitative estimate of drug-likeness (QED) is 0.650. The molecule has 0 aliphatic rings. The van der Waals surface area contributed by atoms with Crippen LogP contribution in [0.15, 0.2) is 40.3 Å². The van der Waals surface area contributed by atoms with Crippen molar-refractivity contribution in [2.24, 2.45) is 0 Å². The Morgan fingerprint density at radius 1 is 1.35 bits per heavy atom. The summed E-state index contributed by atoms with van der Waals surface area (Å²) in [5, 5.41) is 9.26. The number of nitrogens with zero attached hydrogens (tertiary/aromatic N) is 1. The van der Waals surface area contributed by atoms with Crippen molar-refractivity contribution in [2.75, 3.05) is 0 Å². The smallest absolute Gasteiger partial charge is 0.308 e. The van der Waals surface area contributed by atoms with Crippen molar-refractivity contribution < 1.29 is 9.90 Å². The Labute approximate surface area is 120 Å². The SMILES string of the molecule is Cc1nc(SCc2ccccc2)[nH]c(=O)c1CC(=O)O. The molecule has 0 unspecified atom stereocenters. The molecule has 1 aromatic heterocycles. The molecule has 0 aliphatic heterocycles. The van der Waals surface area contributed by atoms with E-state index in [2.05, 4.69) is 9.97 Å². The van der Waals surface area contributed by atoms with Gasteiger partial charge >= 0.3 is 5.97 Å². The number of hydrogen-bond acceptors (Lipinski definition) is 4. The summed E-state index contributed by atoms with van der Waals surface area (Å²) in [4.78, 5) is 29.4. The number of thioether (sulfide) groups is 1. The highest BCUT2D eigenvalue weighted by Crippen LogP contribution is 2.18. The van der Waals surface area contributed by atoms with Crippen LogP contribution in [0.25, 0.3) is 0 Å². The lowest BCUT2D eigenvalue weighted by molar-refractivity contribution is -0.136. The first-order valence-electron chi connectivity index (χ1n) is 6.04. The molecule has 0 amide bonds. The van der Waals surface area contributed by atoms with Gasteiger partial charge in [0.15, 0.2) is 5.16 Å². The Bertz CT molecular complexity index is 668. The third kappa shape index (κ3) is 3.71. The number of H-pyrrole nitrogens is 1. The maximum Gasteiger partial charge on any atom is 0.308 e. The van der Waals surface area contributed by atoms with Crippen molar-refractivity contribution in [2.45, 2.75) is 24.3 Å². The molecule has 0 fully saturated rings. The second kappa shape index (κ2) is 6.38. The molecule has 0 aliphatic carbocycles. The summed E-state index contributed by atoms with van der Waals surface area (Å²) in [6, 6.07) is 9.84. The summed E-state index contributed by atoms with van der Waals surface area (Å²) in [6.45, 7) is 1.65. The van der Waals surface area contributed by atoms with Gasteiger partial charge in [-0.25, -0.2) is 4.98 Å². The van der Waals surface area contributed by atoms with Crippen LogP contribution in [-0.2, 0) is 17.0 Å². The van der Waals surface area contributed by atoms with Crippen LogP contribution in [0, 0.1) is 6.92 Å². The van der Waals surface area contributed by atoms with Crippen molar-refractivity contribution in [1.29, 1.82) is 0 Å². The van der Waals surface area contributed by atoms with Crippen LogP contribution in [0.3, 0.4) is 0 Å². The molecule has 1 heterocycles. The van der Waals surface area contributed by atoms with Crippen LogP contribution in [-0.4, -0.2) is 21.0 Å². The van der Waals surface area contributed by atoms with E-state index in [-0.39, 0.29) is 17.5 Å². The van der Waals surface area contributed by atoms with Gasteiger partial charge in [-0.2, -0.15) is 0 Å². The van der Waals surface area contributed by atoms with Crippen molar-refractivity contribution in [3.05, 3.63) is 57.5 Å². The molecule has 20 heavy (non-hydrogen) atoms. The second-order valence-corrected chi connectivity index (χ2v) is 5.24. The third-order valence-electron chi connectivity index (χ3n) is 2.75. The monoisotopic (exact) mass is 290 g/mol. The number of carboxylic acids is 1. The zero-order valence-corrected chi connectivity index (χ0v) is 11.7. The highest BCUT2D eigenvalue weighted by atomic mass is 32.2. The van der Waals surface area contributed by atoms with E-state index in [0.29, 0.717) is 16.6 Å². The third-order valence-corrected chi connectivity index (χ3v) is 3.69. The van der Waals surface area contributed by atoms with Crippen LogP contribution in [0.1, 0.15) is 16.8 Å². The Kier molecular flexibility index (Phi) is 4.57. The molecule has 2 aromatic rings. The minimum atomic E-state index is -1.04. The summed E-state index contributed by atoms with van der Waals surface area (Å²) in [5.74, 6) is -0.341. The first kappa shape index (κ1) is 14.3. The molecular weight excluding hydrogens is 276 g/mol. The fraction of sp³-hybridized carbons (Fsp3) is 0.214. The van der Waals surface area contributed by atoms with Gasteiger partial charge in [-0.1, -0.05) is 42.1 Å². The van der Waals surface area contributed by atoms with Gasteiger partial charge in [-0.3, -0.25) is 9.59 Å². The number of aliphatic carboxylic acids is 1. The largest absolute Gasteiger partial charge is 0.481 e. The Morgan fingerprint density at radius 3 is 2.65 bits per heavy atom. The van der Waals surface area contributed by atoms with Gasteiger partial charge in [0.2, 0.25) is 0 Å². The summed E-state index contributed by atoms with van der Waals surface area (Å²) in [5.41, 5.74) is 1.43. The lowest BCUT2D eigenvalue weighted by Gasteiger charge is -2.05. The number of rotatable bonds is 5. The minimum Gasteiger partial charge on any atom is -0.481 e. The number of benzene rings is 1. The fourth-order valence-electron chi connectivity index (χ4n) is 1.74. The predicted octanol–water partition coefficient (Wildman–Crippen LogP) is 2.00. The van der Waals surface area contributed by atoms with Crippen molar-refractivity contribution >= 4 is 17.7 Å². The molecule has 0 spiro atoms. The molecule has 6 heteroatoms. The number of hydrogen-bond donors (Lipinski definition) is 2. The predicted molar refractivity (Wildman–Crippen MR) is 76.9 cm³/mol. The minimum absolute atomic E-state index is 0.210. The number of aromatic nitrogens is 2. The van der Waals surface area contributed by atoms with E-state index in [4.69, 9.17) is 5.11 Å². The molecular formula is C14H14N2O3S. The summed E-state index contributed by atoms with van der Waals surface area (Å²) in [6.07, 6.45) is -0.308. The molecule has 1 aromatic carbocycles.